The molecule has 24 heavy (non-hydrogen) atoms. The zero-order chi connectivity index (χ0) is 17.1. The molecule has 0 fully saturated rings. The summed E-state index contributed by atoms with van der Waals surface area (Å²) in [6.45, 7) is 3.83. The van der Waals surface area contributed by atoms with Crippen LogP contribution in [0.25, 0.3) is 11.6 Å². The fourth-order valence-electron chi connectivity index (χ4n) is 2.07. The highest BCUT2D eigenvalue weighted by atomic mass is 16.5. The molecule has 0 radical (unpaired) electrons. The number of carbonyl (C=O) groups excluding carboxylic acids is 1. The van der Waals surface area contributed by atoms with Crippen LogP contribution >= 0.6 is 0 Å². The number of aromatic nitrogens is 6. The van der Waals surface area contributed by atoms with Crippen LogP contribution in [-0.4, -0.2) is 31.2 Å². The monoisotopic (exact) mass is 329 g/mol. The molecule has 10 nitrogen and oxygen atoms in total. The first kappa shape index (κ1) is 15.6. The normalized spacial score (nSPS) is 12.3. The van der Waals surface area contributed by atoms with Crippen LogP contribution in [0.5, 0.6) is 0 Å². The third-order valence-corrected chi connectivity index (χ3v) is 3.35. The maximum atomic E-state index is 12.3. The predicted molar refractivity (Wildman–Crippen MR) is 80.1 cm³/mol. The van der Waals surface area contributed by atoms with E-state index in [0.717, 1.165) is 0 Å². The number of carbonyl (C=O) groups is 1. The van der Waals surface area contributed by atoms with E-state index in [2.05, 4.69) is 30.6 Å². The molecule has 3 aromatic rings. The molecular weight excluding hydrogens is 314 g/mol. The number of amides is 1. The Hall–Kier alpha value is -3.30. The lowest BCUT2D eigenvalue weighted by Crippen LogP contribution is -2.33. The van der Waals surface area contributed by atoms with Gasteiger partial charge < -0.3 is 15.0 Å². The lowest BCUT2D eigenvalue weighted by molar-refractivity contribution is -0.605. The van der Waals surface area contributed by atoms with Crippen molar-refractivity contribution in [2.24, 2.45) is 5.92 Å². The second-order valence-corrected chi connectivity index (χ2v) is 5.43. The Kier molecular flexibility index (Phi) is 4.18. The molecule has 1 unspecified atom stereocenters. The minimum atomic E-state index is -0.485. The summed E-state index contributed by atoms with van der Waals surface area (Å²) in [7, 11) is 0. The van der Waals surface area contributed by atoms with E-state index in [1.54, 1.807) is 0 Å². The van der Waals surface area contributed by atoms with Gasteiger partial charge >= 0.3 is 0 Å². The van der Waals surface area contributed by atoms with Crippen molar-refractivity contribution < 1.29 is 14.0 Å². The van der Waals surface area contributed by atoms with Crippen LogP contribution in [0.15, 0.2) is 35.4 Å². The summed E-state index contributed by atoms with van der Waals surface area (Å²) in [6, 6.07) is 2.39. The highest BCUT2D eigenvalue weighted by Crippen LogP contribution is 2.22. The lowest BCUT2D eigenvalue weighted by atomic mass is 10.0. The van der Waals surface area contributed by atoms with Gasteiger partial charge in [0.2, 0.25) is 11.7 Å². The van der Waals surface area contributed by atoms with Crippen LogP contribution in [0.4, 0.5) is 0 Å². The van der Waals surface area contributed by atoms with Gasteiger partial charge in [0.05, 0.1) is 5.56 Å². The van der Waals surface area contributed by atoms with Crippen molar-refractivity contribution in [1.82, 2.24) is 30.6 Å². The molecule has 3 heterocycles. The topological polar surface area (TPSA) is 137 Å². The molecule has 0 saturated carbocycles. The molecule has 3 rings (SSSR count). The van der Waals surface area contributed by atoms with E-state index >= 15 is 0 Å². The first-order valence-electron chi connectivity index (χ1n) is 7.23. The Morgan fingerprint density at radius 2 is 2.12 bits per heavy atom. The van der Waals surface area contributed by atoms with Gasteiger partial charge in [0, 0.05) is 12.1 Å². The van der Waals surface area contributed by atoms with Crippen LogP contribution < -0.4 is 10.0 Å². The summed E-state index contributed by atoms with van der Waals surface area (Å²) in [4.78, 5) is 20.5. The van der Waals surface area contributed by atoms with E-state index in [0.29, 0.717) is 16.1 Å². The summed E-state index contributed by atoms with van der Waals surface area (Å²) in [6.07, 6.45) is 3.85. The third kappa shape index (κ3) is 3.21. The van der Waals surface area contributed by atoms with Gasteiger partial charge in [-0.05, 0) is 5.92 Å². The minimum absolute atomic E-state index is 0.00475. The Labute approximate surface area is 136 Å². The molecule has 0 aromatic carbocycles. The van der Waals surface area contributed by atoms with E-state index in [1.165, 1.54) is 30.9 Å². The van der Waals surface area contributed by atoms with Crippen molar-refractivity contribution in [3.63, 3.8) is 0 Å². The molecule has 10 heteroatoms. The van der Waals surface area contributed by atoms with Gasteiger partial charge in [-0.2, -0.15) is 14.8 Å². The summed E-state index contributed by atoms with van der Waals surface area (Å²) < 4.78 is 5.86. The predicted octanol–water partition coefficient (Wildman–Crippen LogP) is 0.615. The number of rotatable bonds is 5. The number of pyridine rings is 1. The van der Waals surface area contributed by atoms with E-state index in [1.807, 2.05) is 13.8 Å². The van der Waals surface area contributed by atoms with Crippen molar-refractivity contribution in [2.45, 2.75) is 19.9 Å². The number of aromatic amines is 1. The molecular formula is C14H15N7O3. The van der Waals surface area contributed by atoms with Crippen LogP contribution in [0, 0.1) is 11.1 Å². The molecule has 0 saturated heterocycles. The van der Waals surface area contributed by atoms with Gasteiger partial charge in [0.25, 0.3) is 5.91 Å². The second kappa shape index (κ2) is 6.44. The summed E-state index contributed by atoms with van der Waals surface area (Å²) in [5, 5.41) is 24.1. The lowest BCUT2D eigenvalue weighted by Gasteiger charge is -2.18. The number of nitrogens with zero attached hydrogens (tertiary/aromatic N) is 5. The SMILES string of the molecule is CC(C)C(NC(=O)c1cc[n+]([O-])cc1)c1nc(-c2ncn[nH]2)no1. The second-order valence-electron chi connectivity index (χ2n) is 5.43. The molecule has 1 atom stereocenters. The van der Waals surface area contributed by atoms with Crippen molar-refractivity contribution >= 4 is 5.91 Å². The van der Waals surface area contributed by atoms with Crippen LogP contribution in [0.2, 0.25) is 0 Å². The fraction of sp³-hybridized carbons (Fsp3) is 0.286. The van der Waals surface area contributed by atoms with E-state index in [4.69, 9.17) is 4.52 Å². The Morgan fingerprint density at radius 1 is 1.38 bits per heavy atom. The number of nitrogens with one attached hydrogen (secondary N) is 2. The molecule has 0 aliphatic carbocycles. The maximum absolute atomic E-state index is 12.3. The molecule has 0 aliphatic rings. The molecule has 0 aliphatic heterocycles. The molecule has 0 bridgehead atoms. The van der Waals surface area contributed by atoms with E-state index < -0.39 is 6.04 Å². The molecule has 1 amide bonds. The fourth-order valence-corrected chi connectivity index (χ4v) is 2.07. The van der Waals surface area contributed by atoms with Gasteiger partial charge in [-0.15, -0.1) is 0 Å². The molecule has 124 valence electrons. The van der Waals surface area contributed by atoms with Gasteiger partial charge in [-0.25, -0.2) is 4.98 Å². The van der Waals surface area contributed by atoms with Crippen LogP contribution in [0.3, 0.4) is 0 Å². The van der Waals surface area contributed by atoms with Crippen LogP contribution in [0.1, 0.15) is 36.1 Å². The van der Waals surface area contributed by atoms with Crippen molar-refractivity contribution in [3.8, 4) is 11.6 Å². The van der Waals surface area contributed by atoms with E-state index in [9.17, 15) is 10.0 Å². The summed E-state index contributed by atoms with van der Waals surface area (Å²) >= 11 is 0. The number of H-pyrrole nitrogens is 1. The summed E-state index contributed by atoms with van der Waals surface area (Å²) in [5.74, 6) is 0.565. The Bertz CT molecular complexity index is 811. The van der Waals surface area contributed by atoms with Crippen LogP contribution in [-0.2, 0) is 0 Å². The summed E-state index contributed by atoms with van der Waals surface area (Å²) in [5.41, 5.74) is 0.364. The zero-order valence-corrected chi connectivity index (χ0v) is 13.0. The Balaban J connectivity index is 1.80. The standard InChI is InChI=1S/C14H15N7O3/c1-8(2)10(17-13(22)9-3-5-21(23)6-4-9)14-18-12(20-24-14)11-15-7-16-19-11/h3-8,10H,1-2H3,(H,17,22)(H,15,16,19). The average Bonchev–Trinajstić information content (AvgIpc) is 3.23. The number of hydrogen-bond donors (Lipinski definition) is 2. The van der Waals surface area contributed by atoms with Gasteiger partial charge in [-0.1, -0.05) is 19.0 Å². The van der Waals surface area contributed by atoms with Crippen molar-refractivity contribution in [2.75, 3.05) is 0 Å². The highest BCUT2D eigenvalue weighted by Gasteiger charge is 2.26. The van der Waals surface area contributed by atoms with E-state index in [-0.39, 0.29) is 23.5 Å². The third-order valence-electron chi connectivity index (χ3n) is 3.35. The number of hydrogen-bond acceptors (Lipinski definition) is 7. The first-order valence-corrected chi connectivity index (χ1v) is 7.23. The molecule has 2 N–H and O–H groups in total. The largest absolute Gasteiger partial charge is 0.619 e. The average molecular weight is 329 g/mol. The maximum Gasteiger partial charge on any atom is 0.252 e. The first-order chi connectivity index (χ1) is 11.5. The highest BCUT2D eigenvalue weighted by molar-refractivity contribution is 5.94. The Morgan fingerprint density at radius 3 is 2.75 bits per heavy atom. The van der Waals surface area contributed by atoms with Gasteiger partial charge in [0.15, 0.2) is 18.2 Å². The smallest absolute Gasteiger partial charge is 0.252 e. The zero-order valence-electron chi connectivity index (χ0n) is 13.0. The molecule has 0 spiro atoms. The quantitative estimate of drug-likeness (QED) is 0.517. The van der Waals surface area contributed by atoms with Crippen molar-refractivity contribution in [1.29, 1.82) is 0 Å². The minimum Gasteiger partial charge on any atom is -0.619 e. The van der Waals surface area contributed by atoms with Gasteiger partial charge in [-0.3, -0.25) is 9.89 Å². The van der Waals surface area contributed by atoms with Crippen molar-refractivity contribution in [3.05, 3.63) is 47.5 Å². The van der Waals surface area contributed by atoms with Gasteiger partial charge in [0.1, 0.15) is 12.4 Å². The molecule has 3 aromatic heterocycles.